The highest BCUT2D eigenvalue weighted by Gasteiger charge is 2.18. The molecular formula is C13H14BrNS2. The molecule has 1 unspecified atom stereocenters. The lowest BCUT2D eigenvalue weighted by atomic mass is 10.1. The van der Waals surface area contributed by atoms with Crippen molar-refractivity contribution in [1.29, 1.82) is 0 Å². The fourth-order valence-electron chi connectivity index (χ4n) is 1.84. The lowest BCUT2D eigenvalue weighted by Gasteiger charge is -2.18. The summed E-state index contributed by atoms with van der Waals surface area (Å²) < 4.78 is 1.18. The fourth-order valence-corrected chi connectivity index (χ4v) is 4.21. The molecule has 1 aromatic heterocycles. The summed E-state index contributed by atoms with van der Waals surface area (Å²) in [5.74, 6) is 0. The maximum atomic E-state index is 3.62. The largest absolute Gasteiger partial charge is 0.309 e. The molecule has 0 spiro atoms. The van der Waals surface area contributed by atoms with Crippen LogP contribution >= 0.6 is 39.0 Å². The first-order chi connectivity index (χ1) is 8.27. The van der Waals surface area contributed by atoms with Gasteiger partial charge < -0.3 is 5.32 Å². The Morgan fingerprint density at radius 1 is 1.29 bits per heavy atom. The average Bonchev–Trinajstić information content (AvgIpc) is 2.78. The number of halogens is 1. The first kappa shape index (κ1) is 13.1. The molecule has 0 fully saturated rings. The van der Waals surface area contributed by atoms with Gasteiger partial charge in [0.2, 0.25) is 0 Å². The van der Waals surface area contributed by atoms with Crippen molar-refractivity contribution in [2.24, 2.45) is 0 Å². The summed E-state index contributed by atoms with van der Waals surface area (Å²) in [5.41, 5.74) is 1.34. The molecule has 1 heterocycles. The van der Waals surface area contributed by atoms with E-state index >= 15 is 0 Å². The normalized spacial score (nSPS) is 12.6. The van der Waals surface area contributed by atoms with Gasteiger partial charge in [0.05, 0.1) is 6.04 Å². The summed E-state index contributed by atoms with van der Waals surface area (Å²) in [4.78, 5) is 2.65. The lowest BCUT2D eigenvalue weighted by Crippen LogP contribution is -2.17. The highest BCUT2D eigenvalue weighted by atomic mass is 79.9. The zero-order valence-corrected chi connectivity index (χ0v) is 13.0. The molecule has 0 saturated carbocycles. The van der Waals surface area contributed by atoms with Crippen LogP contribution < -0.4 is 5.32 Å². The minimum Gasteiger partial charge on any atom is -0.309 e. The maximum Gasteiger partial charge on any atom is 0.0690 e. The molecule has 1 aromatic carbocycles. The minimum absolute atomic E-state index is 0.257. The van der Waals surface area contributed by atoms with E-state index in [4.69, 9.17) is 0 Å². The van der Waals surface area contributed by atoms with Crippen molar-refractivity contribution in [3.63, 3.8) is 0 Å². The summed E-state index contributed by atoms with van der Waals surface area (Å²) in [6.45, 7) is 0. The molecule has 0 amide bonds. The second-order valence-electron chi connectivity index (χ2n) is 3.60. The van der Waals surface area contributed by atoms with E-state index in [9.17, 15) is 0 Å². The van der Waals surface area contributed by atoms with Crippen molar-refractivity contribution in [3.8, 4) is 0 Å². The van der Waals surface area contributed by atoms with Gasteiger partial charge in [-0.25, -0.2) is 0 Å². The van der Waals surface area contributed by atoms with Crippen LogP contribution in [0, 0.1) is 0 Å². The van der Waals surface area contributed by atoms with Gasteiger partial charge in [0.15, 0.2) is 0 Å². The predicted octanol–water partition coefficient (Wildman–Crippen LogP) is 4.54. The quantitative estimate of drug-likeness (QED) is 0.827. The second-order valence-corrected chi connectivity index (χ2v) is 6.25. The van der Waals surface area contributed by atoms with E-state index in [-0.39, 0.29) is 6.04 Å². The summed E-state index contributed by atoms with van der Waals surface area (Å²) in [5, 5.41) is 5.52. The molecule has 0 bridgehead atoms. The van der Waals surface area contributed by atoms with Crippen LogP contribution in [0.2, 0.25) is 0 Å². The Balaban J connectivity index is 2.46. The zero-order valence-electron chi connectivity index (χ0n) is 9.74. The van der Waals surface area contributed by atoms with Crippen LogP contribution in [0.25, 0.3) is 0 Å². The van der Waals surface area contributed by atoms with Gasteiger partial charge in [0.25, 0.3) is 0 Å². The average molecular weight is 328 g/mol. The van der Waals surface area contributed by atoms with E-state index < -0.39 is 0 Å². The number of nitrogens with one attached hydrogen (secondary N) is 1. The van der Waals surface area contributed by atoms with Gasteiger partial charge in [-0.15, -0.1) is 23.1 Å². The predicted molar refractivity (Wildman–Crippen MR) is 81.1 cm³/mol. The van der Waals surface area contributed by atoms with Gasteiger partial charge in [0.1, 0.15) is 0 Å². The standard InChI is InChI=1S/C13H14BrNS2/c1-15-12(13-10(14)7-8-17-13)9-5-3-4-6-11(9)16-2/h3-8,12,15H,1-2H3. The van der Waals surface area contributed by atoms with E-state index in [0.717, 1.165) is 0 Å². The summed E-state index contributed by atoms with van der Waals surface area (Å²) in [7, 11) is 2.01. The summed E-state index contributed by atoms with van der Waals surface area (Å²) >= 11 is 7.18. The lowest BCUT2D eigenvalue weighted by molar-refractivity contribution is 0.689. The van der Waals surface area contributed by atoms with Crippen LogP contribution in [0.5, 0.6) is 0 Å². The number of thioether (sulfide) groups is 1. The number of benzene rings is 1. The first-order valence-corrected chi connectivity index (χ1v) is 8.20. The molecule has 0 radical (unpaired) electrons. The Morgan fingerprint density at radius 3 is 2.65 bits per heavy atom. The van der Waals surface area contributed by atoms with Gasteiger partial charge in [-0.05, 0) is 52.3 Å². The number of thiophene rings is 1. The van der Waals surface area contributed by atoms with E-state index in [1.165, 1.54) is 19.8 Å². The molecule has 2 aromatic rings. The van der Waals surface area contributed by atoms with Gasteiger partial charge in [0, 0.05) is 14.2 Å². The van der Waals surface area contributed by atoms with Gasteiger partial charge in [-0.3, -0.25) is 0 Å². The third-order valence-electron chi connectivity index (χ3n) is 2.65. The topological polar surface area (TPSA) is 12.0 Å². The summed E-state index contributed by atoms with van der Waals surface area (Å²) in [6.07, 6.45) is 2.12. The van der Waals surface area contributed by atoms with Crippen molar-refractivity contribution in [2.45, 2.75) is 10.9 Å². The molecular weight excluding hydrogens is 314 g/mol. The third-order valence-corrected chi connectivity index (χ3v) is 5.39. The molecule has 0 aliphatic heterocycles. The Bertz CT molecular complexity index is 496. The van der Waals surface area contributed by atoms with Crippen LogP contribution in [0.4, 0.5) is 0 Å². The van der Waals surface area contributed by atoms with Crippen molar-refractivity contribution in [1.82, 2.24) is 5.32 Å². The highest BCUT2D eigenvalue weighted by Crippen LogP contribution is 2.36. The third kappa shape index (κ3) is 2.76. The molecule has 0 saturated heterocycles. The van der Waals surface area contributed by atoms with Crippen LogP contribution in [-0.4, -0.2) is 13.3 Å². The van der Waals surface area contributed by atoms with Crippen LogP contribution in [0.1, 0.15) is 16.5 Å². The molecule has 0 aliphatic carbocycles. The van der Waals surface area contributed by atoms with Crippen molar-refractivity contribution < 1.29 is 0 Å². The van der Waals surface area contributed by atoms with E-state index in [1.807, 2.05) is 7.05 Å². The first-order valence-electron chi connectivity index (χ1n) is 5.31. The molecule has 1 nitrogen and oxygen atoms in total. The van der Waals surface area contributed by atoms with E-state index in [2.05, 4.69) is 63.2 Å². The van der Waals surface area contributed by atoms with E-state index in [0.29, 0.717) is 0 Å². The van der Waals surface area contributed by atoms with Crippen LogP contribution in [0.15, 0.2) is 45.1 Å². The monoisotopic (exact) mass is 327 g/mol. The SMILES string of the molecule is CNC(c1ccccc1SC)c1sccc1Br. The second kappa shape index (κ2) is 6.05. The minimum atomic E-state index is 0.257. The number of hydrogen-bond donors (Lipinski definition) is 1. The molecule has 90 valence electrons. The molecule has 1 N–H and O–H groups in total. The highest BCUT2D eigenvalue weighted by molar-refractivity contribution is 9.10. The summed E-state index contributed by atoms with van der Waals surface area (Å²) in [6, 6.07) is 10.9. The Labute approximate surface area is 119 Å². The molecule has 0 aliphatic rings. The van der Waals surface area contributed by atoms with Crippen molar-refractivity contribution in [2.75, 3.05) is 13.3 Å². The van der Waals surface area contributed by atoms with Crippen LogP contribution in [-0.2, 0) is 0 Å². The van der Waals surface area contributed by atoms with Crippen molar-refractivity contribution >= 4 is 39.0 Å². The van der Waals surface area contributed by atoms with E-state index in [1.54, 1.807) is 23.1 Å². The van der Waals surface area contributed by atoms with Crippen molar-refractivity contribution in [3.05, 3.63) is 50.6 Å². The maximum absolute atomic E-state index is 3.62. The molecule has 2 rings (SSSR count). The molecule has 1 atom stereocenters. The Kier molecular flexibility index (Phi) is 4.68. The number of rotatable bonds is 4. The van der Waals surface area contributed by atoms with Gasteiger partial charge in [-0.2, -0.15) is 0 Å². The Morgan fingerprint density at radius 2 is 2.06 bits per heavy atom. The Hall–Kier alpha value is -0.290. The smallest absolute Gasteiger partial charge is 0.0690 e. The number of hydrogen-bond acceptors (Lipinski definition) is 3. The molecule has 17 heavy (non-hydrogen) atoms. The molecule has 4 heteroatoms. The fraction of sp³-hybridized carbons (Fsp3) is 0.231. The zero-order chi connectivity index (χ0) is 12.3. The van der Waals surface area contributed by atoms with Crippen LogP contribution in [0.3, 0.4) is 0 Å². The van der Waals surface area contributed by atoms with Gasteiger partial charge >= 0.3 is 0 Å². The van der Waals surface area contributed by atoms with Gasteiger partial charge in [-0.1, -0.05) is 18.2 Å².